The van der Waals surface area contributed by atoms with Crippen LogP contribution in [-0.2, 0) is 23.2 Å². The van der Waals surface area contributed by atoms with E-state index in [4.69, 9.17) is 4.74 Å². The van der Waals surface area contributed by atoms with Crippen molar-refractivity contribution in [1.29, 1.82) is 0 Å². The molecule has 0 amide bonds. The van der Waals surface area contributed by atoms with E-state index in [0.29, 0.717) is 6.61 Å². The number of thiazole rings is 1. The van der Waals surface area contributed by atoms with Crippen LogP contribution in [0.5, 0.6) is 0 Å². The Morgan fingerprint density at radius 3 is 2.77 bits per heavy atom. The summed E-state index contributed by atoms with van der Waals surface area (Å²) in [6.45, 7) is 8.19. The minimum Gasteiger partial charge on any atom is -0.375 e. The third kappa shape index (κ3) is 1.76. The highest BCUT2D eigenvalue weighted by molar-refractivity contribution is 7.11. The van der Waals surface area contributed by atoms with Gasteiger partial charge in [-0.1, -0.05) is 20.8 Å². The number of aromatic nitrogens is 1. The van der Waals surface area contributed by atoms with E-state index in [9.17, 15) is 0 Å². The van der Waals surface area contributed by atoms with Crippen molar-refractivity contribution < 1.29 is 4.74 Å². The minimum absolute atomic E-state index is 0.183. The van der Waals surface area contributed by atoms with E-state index in [0.717, 1.165) is 13.0 Å². The fourth-order valence-electron chi connectivity index (χ4n) is 1.35. The van der Waals surface area contributed by atoms with Gasteiger partial charge in [-0.3, -0.25) is 0 Å². The molecule has 1 aromatic heterocycles. The van der Waals surface area contributed by atoms with E-state index in [-0.39, 0.29) is 5.41 Å². The average molecular weight is 197 g/mol. The highest BCUT2D eigenvalue weighted by Crippen LogP contribution is 2.31. The topological polar surface area (TPSA) is 22.1 Å². The highest BCUT2D eigenvalue weighted by Gasteiger charge is 2.22. The predicted octanol–water partition coefficient (Wildman–Crippen LogP) is 2.51. The second-order valence-electron chi connectivity index (χ2n) is 4.44. The lowest BCUT2D eigenvalue weighted by Gasteiger charge is -2.13. The first kappa shape index (κ1) is 9.16. The molecule has 1 aliphatic heterocycles. The Morgan fingerprint density at radius 2 is 2.15 bits per heavy atom. The average Bonchev–Trinajstić information content (AvgIpc) is 2.45. The highest BCUT2D eigenvalue weighted by atomic mass is 32.1. The molecule has 0 N–H and O–H groups in total. The van der Waals surface area contributed by atoms with Crippen LogP contribution in [0.3, 0.4) is 0 Å². The van der Waals surface area contributed by atoms with Gasteiger partial charge < -0.3 is 4.74 Å². The standard InChI is InChI=1S/C10H15NOS/c1-10(2,3)9-11-7-6-12-5-4-8(7)13-9/h4-6H2,1-3H3. The van der Waals surface area contributed by atoms with Crippen molar-refractivity contribution in [3.8, 4) is 0 Å². The van der Waals surface area contributed by atoms with Crippen molar-refractivity contribution in [3.05, 3.63) is 15.6 Å². The molecule has 0 aliphatic carbocycles. The first-order valence-electron chi connectivity index (χ1n) is 4.64. The Morgan fingerprint density at radius 1 is 1.38 bits per heavy atom. The van der Waals surface area contributed by atoms with Crippen LogP contribution in [0.4, 0.5) is 0 Å². The molecule has 0 spiro atoms. The van der Waals surface area contributed by atoms with Crippen molar-refractivity contribution in [3.63, 3.8) is 0 Å². The van der Waals surface area contributed by atoms with Crippen molar-refractivity contribution >= 4 is 11.3 Å². The van der Waals surface area contributed by atoms with Gasteiger partial charge in [0, 0.05) is 16.7 Å². The van der Waals surface area contributed by atoms with Gasteiger partial charge in [0.1, 0.15) is 0 Å². The molecule has 13 heavy (non-hydrogen) atoms. The summed E-state index contributed by atoms with van der Waals surface area (Å²) in [6, 6.07) is 0. The van der Waals surface area contributed by atoms with E-state index < -0.39 is 0 Å². The van der Waals surface area contributed by atoms with Crippen molar-refractivity contribution in [2.24, 2.45) is 0 Å². The lowest BCUT2D eigenvalue weighted by atomic mass is 9.98. The van der Waals surface area contributed by atoms with Gasteiger partial charge in [0.05, 0.1) is 23.9 Å². The summed E-state index contributed by atoms with van der Waals surface area (Å²) >= 11 is 1.85. The van der Waals surface area contributed by atoms with Gasteiger partial charge in [0.15, 0.2) is 0 Å². The zero-order chi connectivity index (χ0) is 9.47. The molecular formula is C10H15NOS. The fourth-order valence-corrected chi connectivity index (χ4v) is 2.45. The molecular weight excluding hydrogens is 182 g/mol. The third-order valence-electron chi connectivity index (χ3n) is 2.13. The summed E-state index contributed by atoms with van der Waals surface area (Å²) in [6.07, 6.45) is 1.04. The first-order valence-corrected chi connectivity index (χ1v) is 5.46. The molecule has 0 bridgehead atoms. The van der Waals surface area contributed by atoms with Crippen LogP contribution in [0.1, 0.15) is 36.3 Å². The zero-order valence-corrected chi connectivity index (χ0v) is 9.20. The van der Waals surface area contributed by atoms with Crippen LogP contribution >= 0.6 is 11.3 Å². The van der Waals surface area contributed by atoms with Gasteiger partial charge in [-0.05, 0) is 0 Å². The molecule has 72 valence electrons. The summed E-state index contributed by atoms with van der Waals surface area (Å²) in [5.74, 6) is 0. The number of rotatable bonds is 0. The van der Waals surface area contributed by atoms with E-state index in [1.165, 1.54) is 15.6 Å². The van der Waals surface area contributed by atoms with Gasteiger partial charge in [-0.15, -0.1) is 11.3 Å². The Bertz CT molecular complexity index is 288. The molecule has 0 atom stereocenters. The SMILES string of the molecule is CC(C)(C)c1nc2c(s1)CCOC2. The first-order chi connectivity index (χ1) is 6.07. The molecule has 0 fully saturated rings. The lowest BCUT2D eigenvalue weighted by Crippen LogP contribution is -2.11. The van der Waals surface area contributed by atoms with Crippen LogP contribution in [-0.4, -0.2) is 11.6 Å². The molecule has 0 aromatic carbocycles. The zero-order valence-electron chi connectivity index (χ0n) is 8.39. The Kier molecular flexibility index (Phi) is 2.16. The summed E-state index contributed by atoms with van der Waals surface area (Å²) in [4.78, 5) is 6.04. The van der Waals surface area contributed by atoms with Crippen LogP contribution < -0.4 is 0 Å². The van der Waals surface area contributed by atoms with E-state index in [1.807, 2.05) is 11.3 Å². The lowest BCUT2D eigenvalue weighted by molar-refractivity contribution is 0.109. The van der Waals surface area contributed by atoms with Crippen molar-refractivity contribution in [2.75, 3.05) is 6.61 Å². The largest absolute Gasteiger partial charge is 0.375 e. The van der Waals surface area contributed by atoms with Gasteiger partial charge in [-0.25, -0.2) is 4.98 Å². The summed E-state index contributed by atoms with van der Waals surface area (Å²) in [5, 5.41) is 1.24. The smallest absolute Gasteiger partial charge is 0.0985 e. The molecule has 1 aromatic rings. The van der Waals surface area contributed by atoms with Crippen LogP contribution in [0.25, 0.3) is 0 Å². The Labute approximate surface area is 83.0 Å². The molecule has 0 unspecified atom stereocenters. The molecule has 0 saturated carbocycles. The van der Waals surface area contributed by atoms with E-state index in [1.54, 1.807) is 0 Å². The van der Waals surface area contributed by atoms with E-state index >= 15 is 0 Å². The number of nitrogens with zero attached hydrogens (tertiary/aromatic N) is 1. The number of hydrogen-bond donors (Lipinski definition) is 0. The van der Waals surface area contributed by atoms with Gasteiger partial charge in [0.2, 0.25) is 0 Å². The Hall–Kier alpha value is -0.410. The maximum absolute atomic E-state index is 5.37. The number of hydrogen-bond acceptors (Lipinski definition) is 3. The maximum Gasteiger partial charge on any atom is 0.0985 e. The molecule has 2 rings (SSSR count). The fraction of sp³-hybridized carbons (Fsp3) is 0.700. The molecule has 1 aliphatic rings. The van der Waals surface area contributed by atoms with Crippen LogP contribution in [0.2, 0.25) is 0 Å². The normalized spacial score (nSPS) is 17.2. The third-order valence-corrected chi connectivity index (χ3v) is 3.72. The Balaban J connectivity index is 2.36. The summed E-state index contributed by atoms with van der Waals surface area (Å²) in [5.41, 5.74) is 1.35. The summed E-state index contributed by atoms with van der Waals surface area (Å²) < 4.78 is 5.37. The van der Waals surface area contributed by atoms with Crippen LogP contribution in [0.15, 0.2) is 0 Å². The minimum atomic E-state index is 0.183. The summed E-state index contributed by atoms with van der Waals surface area (Å²) in [7, 11) is 0. The van der Waals surface area contributed by atoms with Crippen LogP contribution in [0, 0.1) is 0 Å². The second kappa shape index (κ2) is 3.07. The number of fused-ring (bicyclic) bond motifs is 1. The van der Waals surface area contributed by atoms with Crippen molar-refractivity contribution in [1.82, 2.24) is 4.98 Å². The van der Waals surface area contributed by atoms with Gasteiger partial charge in [-0.2, -0.15) is 0 Å². The molecule has 0 radical (unpaired) electrons. The van der Waals surface area contributed by atoms with Crippen molar-refractivity contribution in [2.45, 2.75) is 39.2 Å². The quantitative estimate of drug-likeness (QED) is 0.637. The van der Waals surface area contributed by atoms with Gasteiger partial charge >= 0.3 is 0 Å². The maximum atomic E-state index is 5.37. The predicted molar refractivity (Wildman–Crippen MR) is 54.2 cm³/mol. The van der Waals surface area contributed by atoms with Gasteiger partial charge in [0.25, 0.3) is 0 Å². The second-order valence-corrected chi connectivity index (χ2v) is 5.53. The van der Waals surface area contributed by atoms with E-state index in [2.05, 4.69) is 25.8 Å². The molecule has 0 saturated heterocycles. The molecule has 2 nitrogen and oxygen atoms in total. The monoisotopic (exact) mass is 197 g/mol. The molecule has 3 heteroatoms. The number of ether oxygens (including phenoxy) is 1. The molecule has 2 heterocycles.